The average molecular weight is 270 g/mol. The van der Waals surface area contributed by atoms with Crippen molar-refractivity contribution in [2.24, 2.45) is 0 Å². The van der Waals surface area contributed by atoms with Gasteiger partial charge in [-0.25, -0.2) is 8.42 Å². The third kappa shape index (κ3) is 3.57. The Kier molecular flexibility index (Phi) is 4.90. The first-order chi connectivity index (χ1) is 8.40. The van der Waals surface area contributed by atoms with E-state index in [-0.39, 0.29) is 24.1 Å². The van der Waals surface area contributed by atoms with Gasteiger partial charge in [0.2, 0.25) is 0 Å². The fraction of sp³-hybridized carbons (Fsp3) is 0.462. The topological polar surface area (TPSA) is 60.4 Å². The number of carbonyl (C=O) groups is 1. The number of methoxy groups -OCH3 is 1. The maximum atomic E-state index is 11.6. The Balaban J connectivity index is 2.86. The Morgan fingerprint density at radius 1 is 1.28 bits per heavy atom. The molecule has 0 unspecified atom stereocenters. The molecule has 1 aromatic carbocycles. The van der Waals surface area contributed by atoms with E-state index in [4.69, 9.17) is 0 Å². The molecule has 0 aliphatic carbocycles. The summed E-state index contributed by atoms with van der Waals surface area (Å²) in [6, 6.07) is 6.66. The van der Waals surface area contributed by atoms with Crippen LogP contribution < -0.4 is 0 Å². The van der Waals surface area contributed by atoms with Crippen LogP contribution in [0.5, 0.6) is 0 Å². The van der Waals surface area contributed by atoms with Gasteiger partial charge in [-0.2, -0.15) is 0 Å². The van der Waals surface area contributed by atoms with E-state index >= 15 is 0 Å². The number of benzene rings is 1. The highest BCUT2D eigenvalue weighted by molar-refractivity contribution is 7.91. The van der Waals surface area contributed by atoms with E-state index < -0.39 is 9.84 Å². The summed E-state index contributed by atoms with van der Waals surface area (Å²) in [5, 5.41) is 0. The lowest BCUT2D eigenvalue weighted by molar-refractivity contribution is -0.140. The van der Waals surface area contributed by atoms with Gasteiger partial charge in [-0.3, -0.25) is 4.79 Å². The van der Waals surface area contributed by atoms with Crippen LogP contribution in [0.25, 0.3) is 0 Å². The lowest BCUT2D eigenvalue weighted by atomic mass is 9.98. The molecule has 1 rings (SSSR count). The minimum atomic E-state index is -3.16. The van der Waals surface area contributed by atoms with Gasteiger partial charge < -0.3 is 4.74 Å². The maximum Gasteiger partial charge on any atom is 0.306 e. The van der Waals surface area contributed by atoms with Gasteiger partial charge in [-0.15, -0.1) is 0 Å². The predicted molar refractivity (Wildman–Crippen MR) is 69.2 cm³/mol. The Morgan fingerprint density at radius 3 is 2.28 bits per heavy atom. The third-order valence-corrected chi connectivity index (χ3v) is 4.64. The molecule has 0 bridgehead atoms. The summed E-state index contributed by atoms with van der Waals surface area (Å²) in [4.78, 5) is 11.5. The van der Waals surface area contributed by atoms with Gasteiger partial charge in [0.15, 0.2) is 9.84 Å². The summed E-state index contributed by atoms with van der Waals surface area (Å²) in [6.07, 6.45) is 0.288. The SMILES string of the molecule is CCS(=O)(=O)c1ccc([C@@H](C)CC(=O)OC)cc1. The van der Waals surface area contributed by atoms with Crippen molar-refractivity contribution < 1.29 is 17.9 Å². The smallest absolute Gasteiger partial charge is 0.306 e. The zero-order valence-corrected chi connectivity index (χ0v) is 11.7. The van der Waals surface area contributed by atoms with E-state index in [0.29, 0.717) is 4.90 Å². The molecular weight excluding hydrogens is 252 g/mol. The first-order valence-corrected chi connectivity index (χ1v) is 7.45. The molecule has 0 spiro atoms. The summed E-state index contributed by atoms with van der Waals surface area (Å²) in [7, 11) is -1.81. The number of sulfone groups is 1. The second kappa shape index (κ2) is 6.00. The summed E-state index contributed by atoms with van der Waals surface area (Å²) in [6.45, 7) is 3.52. The molecule has 0 fully saturated rings. The van der Waals surface area contributed by atoms with E-state index in [9.17, 15) is 13.2 Å². The first-order valence-electron chi connectivity index (χ1n) is 5.80. The van der Waals surface area contributed by atoms with Crippen molar-refractivity contribution in [3.05, 3.63) is 29.8 Å². The highest BCUT2D eigenvalue weighted by Gasteiger charge is 2.14. The molecule has 0 saturated heterocycles. The Hall–Kier alpha value is -1.36. The van der Waals surface area contributed by atoms with Crippen LogP contribution in [0.4, 0.5) is 0 Å². The Labute approximate surface area is 108 Å². The zero-order valence-electron chi connectivity index (χ0n) is 10.8. The molecule has 0 amide bonds. The van der Waals surface area contributed by atoms with Crippen molar-refractivity contribution in [1.82, 2.24) is 0 Å². The van der Waals surface area contributed by atoms with Crippen LogP contribution in [0.1, 0.15) is 31.7 Å². The molecule has 100 valence electrons. The average Bonchev–Trinajstić information content (AvgIpc) is 2.38. The van der Waals surface area contributed by atoms with Crippen LogP contribution in [0.15, 0.2) is 29.2 Å². The molecular formula is C13H18O4S. The molecule has 4 nitrogen and oxygen atoms in total. The molecule has 0 aliphatic heterocycles. The van der Waals surface area contributed by atoms with Gasteiger partial charge in [0, 0.05) is 0 Å². The predicted octanol–water partition coefficient (Wildman–Crippen LogP) is 2.15. The molecule has 0 aliphatic rings. The summed E-state index contributed by atoms with van der Waals surface area (Å²) in [5.74, 6) is -0.173. The number of rotatable bonds is 5. The van der Waals surface area contributed by atoms with E-state index in [1.54, 1.807) is 31.2 Å². The van der Waals surface area contributed by atoms with E-state index in [2.05, 4.69) is 4.74 Å². The monoisotopic (exact) mass is 270 g/mol. The number of hydrogen-bond acceptors (Lipinski definition) is 4. The highest BCUT2D eigenvalue weighted by Crippen LogP contribution is 2.21. The van der Waals surface area contributed by atoms with E-state index in [1.165, 1.54) is 7.11 Å². The van der Waals surface area contributed by atoms with Crippen LogP contribution in [0.3, 0.4) is 0 Å². The van der Waals surface area contributed by atoms with Crippen molar-refractivity contribution in [1.29, 1.82) is 0 Å². The standard InChI is InChI=1S/C13H18O4S/c1-4-18(15,16)12-7-5-11(6-8-12)10(2)9-13(14)17-3/h5-8,10H,4,9H2,1-3H3/t10-/m0/s1. The second-order valence-electron chi connectivity index (χ2n) is 4.15. The van der Waals surface area contributed by atoms with Gasteiger partial charge in [0.1, 0.15) is 0 Å². The van der Waals surface area contributed by atoms with Crippen molar-refractivity contribution in [2.75, 3.05) is 12.9 Å². The van der Waals surface area contributed by atoms with E-state index in [1.807, 2.05) is 6.92 Å². The van der Waals surface area contributed by atoms with Crippen molar-refractivity contribution in [3.8, 4) is 0 Å². The molecule has 1 aromatic rings. The molecule has 5 heteroatoms. The Bertz CT molecular complexity index is 502. The van der Waals surface area contributed by atoms with E-state index in [0.717, 1.165) is 5.56 Å². The van der Waals surface area contributed by atoms with Gasteiger partial charge in [-0.05, 0) is 23.6 Å². The third-order valence-electron chi connectivity index (χ3n) is 2.89. The minimum Gasteiger partial charge on any atom is -0.469 e. The quantitative estimate of drug-likeness (QED) is 0.769. The van der Waals surface area contributed by atoms with Crippen molar-refractivity contribution in [2.45, 2.75) is 31.1 Å². The molecule has 0 saturated carbocycles. The normalized spacial score (nSPS) is 13.1. The molecule has 18 heavy (non-hydrogen) atoms. The number of ether oxygens (including phenoxy) is 1. The molecule has 1 atom stereocenters. The lowest BCUT2D eigenvalue weighted by Crippen LogP contribution is -2.07. The molecule has 0 heterocycles. The van der Waals surface area contributed by atoms with Gasteiger partial charge in [0.05, 0.1) is 24.2 Å². The Morgan fingerprint density at radius 2 is 1.83 bits per heavy atom. The second-order valence-corrected chi connectivity index (χ2v) is 6.43. The summed E-state index contributed by atoms with van der Waals surface area (Å²) in [5.41, 5.74) is 0.926. The number of hydrogen-bond donors (Lipinski definition) is 0. The largest absolute Gasteiger partial charge is 0.469 e. The van der Waals surface area contributed by atoms with Crippen molar-refractivity contribution in [3.63, 3.8) is 0 Å². The van der Waals surface area contributed by atoms with Crippen LogP contribution in [-0.4, -0.2) is 27.2 Å². The molecule has 0 N–H and O–H groups in total. The summed E-state index contributed by atoms with van der Waals surface area (Å²) < 4.78 is 27.9. The number of esters is 1. The fourth-order valence-corrected chi connectivity index (χ4v) is 2.51. The zero-order chi connectivity index (χ0) is 13.8. The lowest BCUT2D eigenvalue weighted by Gasteiger charge is -2.11. The van der Waals surface area contributed by atoms with Crippen molar-refractivity contribution >= 4 is 15.8 Å². The van der Waals surface area contributed by atoms with Gasteiger partial charge in [-0.1, -0.05) is 26.0 Å². The van der Waals surface area contributed by atoms with Crippen LogP contribution in [0.2, 0.25) is 0 Å². The summed E-state index contributed by atoms with van der Waals surface area (Å²) >= 11 is 0. The molecule has 0 aromatic heterocycles. The number of carbonyl (C=O) groups excluding carboxylic acids is 1. The van der Waals surface area contributed by atoms with Gasteiger partial charge in [0.25, 0.3) is 0 Å². The molecule has 0 radical (unpaired) electrons. The highest BCUT2D eigenvalue weighted by atomic mass is 32.2. The maximum absolute atomic E-state index is 11.6. The van der Waals surface area contributed by atoms with Gasteiger partial charge >= 0.3 is 5.97 Å². The van der Waals surface area contributed by atoms with Crippen LogP contribution in [-0.2, 0) is 19.4 Å². The van der Waals surface area contributed by atoms with Crippen LogP contribution >= 0.6 is 0 Å². The van der Waals surface area contributed by atoms with Crippen LogP contribution in [0, 0.1) is 0 Å². The fourth-order valence-electron chi connectivity index (χ4n) is 1.62. The minimum absolute atomic E-state index is 0.0100. The first kappa shape index (κ1) is 14.7.